The second-order valence-corrected chi connectivity index (χ2v) is 9.84. The zero-order chi connectivity index (χ0) is 25.9. The highest BCUT2D eigenvalue weighted by Gasteiger charge is 2.42. The Kier molecular flexibility index (Phi) is 7.88. The van der Waals surface area contributed by atoms with Crippen LogP contribution in [0.3, 0.4) is 0 Å². The molecular formula is C27H22Cl3N3O3S. The minimum atomic E-state index is -0.356. The van der Waals surface area contributed by atoms with Gasteiger partial charge in [-0.25, -0.2) is 0 Å². The van der Waals surface area contributed by atoms with Crippen molar-refractivity contribution in [2.75, 3.05) is 25.2 Å². The molecule has 2 aromatic carbocycles. The maximum atomic E-state index is 6.58. The summed E-state index contributed by atoms with van der Waals surface area (Å²) in [6.45, 7) is 0.856. The number of anilines is 1. The first-order valence-corrected chi connectivity index (χ1v) is 13.0. The summed E-state index contributed by atoms with van der Waals surface area (Å²) < 4.78 is 17.2. The molecule has 2 aromatic heterocycles. The maximum Gasteiger partial charge on any atom is 0.174 e. The van der Waals surface area contributed by atoms with Gasteiger partial charge in [0.15, 0.2) is 5.11 Å². The van der Waals surface area contributed by atoms with Gasteiger partial charge in [-0.2, -0.15) is 0 Å². The normalized spacial score (nSPS) is 17.2. The third-order valence-electron chi connectivity index (χ3n) is 5.97. The molecule has 5 rings (SSSR count). The molecule has 0 spiro atoms. The number of hydrogen-bond acceptors (Lipinski definition) is 5. The third kappa shape index (κ3) is 5.28. The summed E-state index contributed by atoms with van der Waals surface area (Å²) in [4.78, 5) is 6.55. The first-order valence-electron chi connectivity index (χ1n) is 11.4. The Labute approximate surface area is 235 Å². The van der Waals surface area contributed by atoms with Crippen molar-refractivity contribution >= 4 is 57.8 Å². The fourth-order valence-electron chi connectivity index (χ4n) is 4.26. The van der Waals surface area contributed by atoms with Gasteiger partial charge in [0.05, 0.1) is 33.4 Å². The van der Waals surface area contributed by atoms with E-state index in [4.69, 9.17) is 60.9 Å². The minimum absolute atomic E-state index is 0.279. The van der Waals surface area contributed by atoms with Crippen LogP contribution in [0.15, 0.2) is 77.3 Å². The number of benzene rings is 2. The zero-order valence-electron chi connectivity index (χ0n) is 19.7. The van der Waals surface area contributed by atoms with Crippen molar-refractivity contribution in [3.8, 4) is 17.1 Å². The number of nitrogens with one attached hydrogen (secondary N) is 1. The minimum Gasteiger partial charge on any atom is -0.490 e. The van der Waals surface area contributed by atoms with Crippen LogP contribution in [0, 0.1) is 0 Å². The predicted molar refractivity (Wildman–Crippen MR) is 151 cm³/mol. The summed E-state index contributed by atoms with van der Waals surface area (Å²) in [5, 5.41) is 5.27. The fraction of sp³-hybridized carbons (Fsp3) is 0.185. The number of aromatic nitrogens is 1. The molecule has 1 fully saturated rings. The number of methoxy groups -OCH3 is 1. The number of rotatable bonds is 8. The SMILES string of the molecule is COCCOc1ccc(N2C(=S)NC(c3ccccn3)C2c2ccc(-c3cccc(Cl)c3Cl)o2)cc1Cl. The average molecular weight is 575 g/mol. The van der Waals surface area contributed by atoms with Crippen LogP contribution in [0.5, 0.6) is 5.75 Å². The summed E-state index contributed by atoms with van der Waals surface area (Å²) in [7, 11) is 1.62. The van der Waals surface area contributed by atoms with E-state index in [1.54, 1.807) is 19.4 Å². The Morgan fingerprint density at radius 3 is 2.62 bits per heavy atom. The second-order valence-electron chi connectivity index (χ2n) is 8.26. The molecule has 2 atom stereocenters. The Bertz CT molecular complexity index is 1420. The lowest BCUT2D eigenvalue weighted by Crippen LogP contribution is -2.29. The summed E-state index contributed by atoms with van der Waals surface area (Å²) in [5.41, 5.74) is 2.31. The van der Waals surface area contributed by atoms with Crippen LogP contribution >= 0.6 is 47.0 Å². The van der Waals surface area contributed by atoms with Crippen LogP contribution in [0.1, 0.15) is 23.5 Å². The molecule has 10 heteroatoms. The van der Waals surface area contributed by atoms with Crippen molar-refractivity contribution in [1.82, 2.24) is 10.3 Å². The van der Waals surface area contributed by atoms with Crippen LogP contribution < -0.4 is 15.0 Å². The largest absolute Gasteiger partial charge is 0.490 e. The number of furan rings is 1. The second kappa shape index (κ2) is 11.3. The molecule has 1 saturated heterocycles. The molecule has 190 valence electrons. The highest BCUT2D eigenvalue weighted by molar-refractivity contribution is 7.80. The van der Waals surface area contributed by atoms with E-state index in [0.717, 1.165) is 11.4 Å². The lowest BCUT2D eigenvalue weighted by atomic mass is 10.0. The van der Waals surface area contributed by atoms with Gasteiger partial charge in [0, 0.05) is 24.6 Å². The monoisotopic (exact) mass is 573 g/mol. The summed E-state index contributed by atoms with van der Waals surface area (Å²) in [5.74, 6) is 1.83. The van der Waals surface area contributed by atoms with Crippen molar-refractivity contribution in [3.63, 3.8) is 0 Å². The first kappa shape index (κ1) is 25.8. The van der Waals surface area contributed by atoms with Gasteiger partial charge in [-0.15, -0.1) is 0 Å². The molecule has 0 saturated carbocycles. The van der Waals surface area contributed by atoms with E-state index in [1.165, 1.54) is 0 Å². The number of hydrogen-bond donors (Lipinski definition) is 1. The molecule has 1 aliphatic rings. The van der Waals surface area contributed by atoms with E-state index in [0.29, 0.717) is 56.2 Å². The van der Waals surface area contributed by atoms with E-state index in [-0.39, 0.29) is 12.1 Å². The van der Waals surface area contributed by atoms with Crippen molar-refractivity contribution in [3.05, 3.63) is 99.4 Å². The van der Waals surface area contributed by atoms with Crippen LogP contribution in [0.2, 0.25) is 15.1 Å². The quantitative estimate of drug-likeness (QED) is 0.173. The highest BCUT2D eigenvalue weighted by atomic mass is 35.5. The number of ether oxygens (including phenoxy) is 2. The lowest BCUT2D eigenvalue weighted by Gasteiger charge is -2.26. The Hall–Kier alpha value is -2.81. The number of halogens is 3. The van der Waals surface area contributed by atoms with Gasteiger partial charge >= 0.3 is 0 Å². The van der Waals surface area contributed by atoms with Crippen LogP contribution in [0.25, 0.3) is 11.3 Å². The molecular weight excluding hydrogens is 553 g/mol. The smallest absolute Gasteiger partial charge is 0.174 e. The van der Waals surface area contributed by atoms with Gasteiger partial charge in [0.1, 0.15) is 29.9 Å². The topological polar surface area (TPSA) is 59.8 Å². The molecule has 3 heterocycles. The van der Waals surface area contributed by atoms with Crippen molar-refractivity contribution < 1.29 is 13.9 Å². The van der Waals surface area contributed by atoms with Gasteiger partial charge in [-0.05, 0) is 66.8 Å². The average Bonchev–Trinajstić information content (AvgIpc) is 3.52. The van der Waals surface area contributed by atoms with E-state index in [1.807, 2.05) is 65.6 Å². The molecule has 1 N–H and O–H groups in total. The summed E-state index contributed by atoms with van der Waals surface area (Å²) >= 11 is 25.1. The van der Waals surface area contributed by atoms with E-state index >= 15 is 0 Å². The summed E-state index contributed by atoms with van der Waals surface area (Å²) in [6.07, 6.45) is 1.75. The molecule has 4 aromatic rings. The highest BCUT2D eigenvalue weighted by Crippen LogP contribution is 2.45. The van der Waals surface area contributed by atoms with Gasteiger partial charge in [-0.1, -0.05) is 46.9 Å². The lowest BCUT2D eigenvalue weighted by molar-refractivity contribution is 0.146. The number of thiocarbonyl (C=S) groups is 1. The van der Waals surface area contributed by atoms with Crippen molar-refractivity contribution in [1.29, 1.82) is 0 Å². The molecule has 0 radical (unpaired) electrons. The molecule has 0 aliphatic carbocycles. The van der Waals surface area contributed by atoms with Gasteiger partial charge in [-0.3, -0.25) is 4.98 Å². The Morgan fingerprint density at radius 1 is 1.00 bits per heavy atom. The van der Waals surface area contributed by atoms with Gasteiger partial charge in [0.25, 0.3) is 0 Å². The van der Waals surface area contributed by atoms with Crippen molar-refractivity contribution in [2.45, 2.75) is 12.1 Å². The van der Waals surface area contributed by atoms with Crippen LogP contribution in [-0.2, 0) is 4.74 Å². The standard InChI is InChI=1S/C27H22Cl3N3O3S/c1-34-13-14-35-22-9-8-16(15-19(22)29)33-26(25(32-27(33)37)20-7-2-3-12-31-20)23-11-10-21(36-23)17-5-4-6-18(28)24(17)30/h2-12,15,25-26H,13-14H2,1H3,(H,32,37). The Morgan fingerprint density at radius 2 is 1.86 bits per heavy atom. The molecule has 0 amide bonds. The van der Waals surface area contributed by atoms with Crippen molar-refractivity contribution in [2.24, 2.45) is 0 Å². The van der Waals surface area contributed by atoms with E-state index in [9.17, 15) is 0 Å². The van der Waals surface area contributed by atoms with Gasteiger partial charge in [0.2, 0.25) is 0 Å². The zero-order valence-corrected chi connectivity index (χ0v) is 22.7. The Balaban J connectivity index is 1.55. The van der Waals surface area contributed by atoms with Crippen LogP contribution in [0.4, 0.5) is 5.69 Å². The first-order chi connectivity index (χ1) is 18.0. The number of nitrogens with zero attached hydrogens (tertiary/aromatic N) is 2. The van der Waals surface area contributed by atoms with Crippen LogP contribution in [-0.4, -0.2) is 30.4 Å². The van der Waals surface area contributed by atoms with E-state index in [2.05, 4.69) is 10.3 Å². The maximum absolute atomic E-state index is 6.58. The summed E-state index contributed by atoms with van der Waals surface area (Å²) in [6, 6.07) is 19.9. The molecule has 6 nitrogen and oxygen atoms in total. The predicted octanol–water partition coefficient (Wildman–Crippen LogP) is 7.50. The van der Waals surface area contributed by atoms with Gasteiger partial charge < -0.3 is 24.1 Å². The van der Waals surface area contributed by atoms with E-state index < -0.39 is 0 Å². The molecule has 0 bridgehead atoms. The molecule has 2 unspecified atom stereocenters. The molecule has 1 aliphatic heterocycles. The molecule has 37 heavy (non-hydrogen) atoms. The number of pyridine rings is 1. The third-order valence-corrected chi connectivity index (χ3v) is 7.40. The fourth-order valence-corrected chi connectivity index (χ4v) is 5.23.